The molecule has 1 aromatic carbocycles. The fourth-order valence-electron chi connectivity index (χ4n) is 1.26. The topological polar surface area (TPSA) is 0 Å². The van der Waals surface area contributed by atoms with Gasteiger partial charge in [0.15, 0.2) is 0 Å². The van der Waals surface area contributed by atoms with E-state index in [-0.39, 0.29) is 0 Å². The average molecular weight is 225 g/mol. The van der Waals surface area contributed by atoms with E-state index in [9.17, 15) is 0 Å². The maximum atomic E-state index is 3.29. The zero-order valence-corrected chi connectivity index (χ0v) is 9.01. The molecule has 0 N–H and O–H groups in total. The summed E-state index contributed by atoms with van der Waals surface area (Å²) in [5, 5.41) is 0. The van der Waals surface area contributed by atoms with Crippen molar-refractivity contribution in [1.82, 2.24) is 0 Å². The van der Waals surface area contributed by atoms with E-state index in [2.05, 4.69) is 60.1 Å². The summed E-state index contributed by atoms with van der Waals surface area (Å²) in [6.07, 6.45) is 2.08. The summed E-state index contributed by atoms with van der Waals surface area (Å²) in [4.78, 5) is 1.90. The SMILES string of the molecule is CC(C)c1ccccc1C=CBr. The molecule has 0 aromatic heterocycles. The monoisotopic (exact) mass is 224 g/mol. The van der Waals surface area contributed by atoms with Crippen LogP contribution in [0.1, 0.15) is 30.9 Å². The first-order valence-corrected chi connectivity index (χ1v) is 5.03. The zero-order valence-electron chi connectivity index (χ0n) is 7.42. The molecule has 0 aliphatic heterocycles. The average Bonchev–Trinajstić information content (AvgIpc) is 2.05. The molecule has 12 heavy (non-hydrogen) atoms. The van der Waals surface area contributed by atoms with E-state index in [1.165, 1.54) is 11.1 Å². The van der Waals surface area contributed by atoms with Crippen molar-refractivity contribution in [3.8, 4) is 0 Å². The van der Waals surface area contributed by atoms with Crippen LogP contribution in [0.3, 0.4) is 0 Å². The Morgan fingerprint density at radius 3 is 2.50 bits per heavy atom. The van der Waals surface area contributed by atoms with Gasteiger partial charge < -0.3 is 0 Å². The van der Waals surface area contributed by atoms with Gasteiger partial charge in [-0.05, 0) is 28.1 Å². The van der Waals surface area contributed by atoms with E-state index >= 15 is 0 Å². The van der Waals surface area contributed by atoms with Gasteiger partial charge in [0.1, 0.15) is 0 Å². The van der Waals surface area contributed by atoms with Crippen LogP contribution in [0.15, 0.2) is 29.3 Å². The van der Waals surface area contributed by atoms with Gasteiger partial charge in [-0.1, -0.05) is 54.0 Å². The maximum Gasteiger partial charge on any atom is -0.0183 e. The summed E-state index contributed by atoms with van der Waals surface area (Å²) < 4.78 is 0. The van der Waals surface area contributed by atoms with E-state index in [1.54, 1.807) is 0 Å². The number of halogens is 1. The highest BCUT2D eigenvalue weighted by atomic mass is 79.9. The Morgan fingerprint density at radius 2 is 1.92 bits per heavy atom. The minimum Gasteiger partial charge on any atom is -0.0619 e. The third kappa shape index (κ3) is 2.21. The standard InChI is InChI=1S/C11H13Br/c1-9(2)11-6-4-3-5-10(11)7-8-12/h3-9H,1-2H3. The number of benzene rings is 1. The molecule has 0 bridgehead atoms. The first-order valence-electron chi connectivity index (χ1n) is 4.11. The highest BCUT2D eigenvalue weighted by Gasteiger charge is 2.01. The lowest BCUT2D eigenvalue weighted by Crippen LogP contribution is -1.90. The molecule has 0 spiro atoms. The molecular formula is C11H13Br. The highest BCUT2D eigenvalue weighted by Crippen LogP contribution is 2.20. The van der Waals surface area contributed by atoms with Gasteiger partial charge in [0.05, 0.1) is 0 Å². The maximum absolute atomic E-state index is 3.29. The molecule has 0 unspecified atom stereocenters. The van der Waals surface area contributed by atoms with Crippen LogP contribution in [0.2, 0.25) is 0 Å². The molecule has 0 radical (unpaired) electrons. The van der Waals surface area contributed by atoms with Gasteiger partial charge in [0.25, 0.3) is 0 Å². The lowest BCUT2D eigenvalue weighted by Gasteiger charge is -2.08. The van der Waals surface area contributed by atoms with Gasteiger partial charge >= 0.3 is 0 Å². The Hall–Kier alpha value is -0.560. The number of rotatable bonds is 2. The van der Waals surface area contributed by atoms with Crippen LogP contribution in [0.5, 0.6) is 0 Å². The first-order chi connectivity index (χ1) is 5.75. The molecule has 1 heteroatoms. The van der Waals surface area contributed by atoms with E-state index in [0.29, 0.717) is 5.92 Å². The van der Waals surface area contributed by atoms with Crippen molar-refractivity contribution in [1.29, 1.82) is 0 Å². The minimum atomic E-state index is 0.588. The molecule has 0 amide bonds. The van der Waals surface area contributed by atoms with Crippen LogP contribution < -0.4 is 0 Å². The van der Waals surface area contributed by atoms with Crippen molar-refractivity contribution in [2.75, 3.05) is 0 Å². The lowest BCUT2D eigenvalue weighted by molar-refractivity contribution is 0.864. The molecule has 0 saturated heterocycles. The second-order valence-electron chi connectivity index (χ2n) is 3.08. The van der Waals surface area contributed by atoms with Crippen molar-refractivity contribution in [2.45, 2.75) is 19.8 Å². The molecule has 0 aliphatic carbocycles. The smallest absolute Gasteiger partial charge is 0.0183 e. The second kappa shape index (κ2) is 4.46. The molecule has 0 nitrogen and oxygen atoms in total. The predicted molar refractivity (Wildman–Crippen MR) is 58.5 cm³/mol. The normalized spacial score (nSPS) is 11.3. The Bertz CT molecular complexity index is 274. The van der Waals surface area contributed by atoms with Crippen molar-refractivity contribution >= 4 is 22.0 Å². The van der Waals surface area contributed by atoms with E-state index in [4.69, 9.17) is 0 Å². The molecule has 1 rings (SSSR count). The Kier molecular flexibility index (Phi) is 3.54. The largest absolute Gasteiger partial charge is 0.0619 e. The quantitative estimate of drug-likeness (QED) is 0.708. The van der Waals surface area contributed by atoms with Crippen LogP contribution in [0.4, 0.5) is 0 Å². The van der Waals surface area contributed by atoms with Gasteiger partial charge in [-0.25, -0.2) is 0 Å². The van der Waals surface area contributed by atoms with Crippen LogP contribution in [-0.2, 0) is 0 Å². The summed E-state index contributed by atoms with van der Waals surface area (Å²) >= 11 is 3.29. The third-order valence-corrected chi connectivity index (χ3v) is 2.12. The number of hydrogen-bond acceptors (Lipinski definition) is 0. The summed E-state index contributed by atoms with van der Waals surface area (Å²) in [7, 11) is 0. The van der Waals surface area contributed by atoms with Crippen LogP contribution in [0, 0.1) is 0 Å². The summed E-state index contributed by atoms with van der Waals surface area (Å²) in [5.74, 6) is 0.588. The van der Waals surface area contributed by atoms with E-state index in [1.807, 2.05) is 4.99 Å². The van der Waals surface area contributed by atoms with Gasteiger partial charge in [-0.15, -0.1) is 0 Å². The fraction of sp³-hybridized carbons (Fsp3) is 0.273. The molecule has 64 valence electrons. The van der Waals surface area contributed by atoms with Crippen LogP contribution in [0.25, 0.3) is 6.08 Å². The van der Waals surface area contributed by atoms with Gasteiger partial charge in [0, 0.05) is 0 Å². The van der Waals surface area contributed by atoms with Gasteiger partial charge in [0.2, 0.25) is 0 Å². The van der Waals surface area contributed by atoms with Crippen molar-refractivity contribution in [3.05, 3.63) is 40.4 Å². The second-order valence-corrected chi connectivity index (χ2v) is 3.60. The number of hydrogen-bond donors (Lipinski definition) is 0. The van der Waals surface area contributed by atoms with Crippen LogP contribution in [-0.4, -0.2) is 0 Å². The Labute approximate surface area is 82.4 Å². The van der Waals surface area contributed by atoms with Crippen molar-refractivity contribution < 1.29 is 0 Å². The molecule has 1 aromatic rings. The summed E-state index contributed by atoms with van der Waals surface area (Å²) in [5.41, 5.74) is 2.69. The van der Waals surface area contributed by atoms with E-state index in [0.717, 1.165) is 0 Å². The predicted octanol–water partition coefficient (Wildman–Crippen LogP) is 4.18. The zero-order chi connectivity index (χ0) is 8.97. The molecule has 0 heterocycles. The highest BCUT2D eigenvalue weighted by molar-refractivity contribution is 9.11. The van der Waals surface area contributed by atoms with Crippen molar-refractivity contribution in [2.24, 2.45) is 0 Å². The fourth-order valence-corrected chi connectivity index (χ4v) is 1.54. The summed E-state index contributed by atoms with van der Waals surface area (Å²) in [6.45, 7) is 4.42. The van der Waals surface area contributed by atoms with Gasteiger partial charge in [-0.3, -0.25) is 0 Å². The lowest BCUT2D eigenvalue weighted by atomic mass is 9.97. The van der Waals surface area contributed by atoms with Crippen LogP contribution >= 0.6 is 15.9 Å². The Morgan fingerprint density at radius 1 is 1.25 bits per heavy atom. The molecular weight excluding hydrogens is 212 g/mol. The third-order valence-electron chi connectivity index (χ3n) is 1.86. The Balaban J connectivity index is 3.08. The molecule has 0 atom stereocenters. The van der Waals surface area contributed by atoms with Gasteiger partial charge in [-0.2, -0.15) is 0 Å². The molecule has 0 fully saturated rings. The molecule has 0 saturated carbocycles. The first kappa shape index (κ1) is 9.53. The minimum absolute atomic E-state index is 0.588. The summed E-state index contributed by atoms with van der Waals surface area (Å²) in [6, 6.07) is 8.45. The van der Waals surface area contributed by atoms with E-state index < -0.39 is 0 Å². The van der Waals surface area contributed by atoms with Crippen molar-refractivity contribution in [3.63, 3.8) is 0 Å². The molecule has 0 aliphatic rings.